The third-order valence-electron chi connectivity index (χ3n) is 7.17. The average molecular weight is 558 g/mol. The van der Waals surface area contributed by atoms with Crippen molar-refractivity contribution in [2.45, 2.75) is 33.2 Å². The molecule has 40 heavy (non-hydrogen) atoms. The van der Waals surface area contributed by atoms with E-state index < -0.39 is 0 Å². The Kier molecular flexibility index (Phi) is 8.72. The molecule has 2 aromatic carbocycles. The van der Waals surface area contributed by atoms with Gasteiger partial charge in [0.2, 0.25) is 5.91 Å². The predicted molar refractivity (Wildman–Crippen MR) is 159 cm³/mol. The van der Waals surface area contributed by atoms with Crippen LogP contribution in [0.5, 0.6) is 0 Å². The lowest BCUT2D eigenvalue weighted by molar-refractivity contribution is -0.118. The van der Waals surface area contributed by atoms with Gasteiger partial charge in [0.1, 0.15) is 5.56 Å². The fourth-order valence-corrected chi connectivity index (χ4v) is 5.95. The summed E-state index contributed by atoms with van der Waals surface area (Å²) in [4.78, 5) is 51.7. The second-order valence-corrected chi connectivity index (χ2v) is 11.5. The highest BCUT2D eigenvalue weighted by Crippen LogP contribution is 2.25. The van der Waals surface area contributed by atoms with Gasteiger partial charge in [-0.05, 0) is 36.1 Å². The highest BCUT2D eigenvalue weighted by molar-refractivity contribution is 7.15. The van der Waals surface area contributed by atoms with Crippen molar-refractivity contribution in [3.05, 3.63) is 99.4 Å². The number of amides is 2. The van der Waals surface area contributed by atoms with E-state index in [2.05, 4.69) is 23.7 Å². The molecule has 0 saturated carbocycles. The molecular weight excluding hydrogens is 522 g/mol. The first-order valence-corrected chi connectivity index (χ1v) is 14.7. The number of aromatic nitrogens is 2. The third-order valence-corrected chi connectivity index (χ3v) is 7.94. The fraction of sp³-hybridized carbons (Fsp3) is 0.355. The summed E-state index contributed by atoms with van der Waals surface area (Å²) in [5.74, 6) is 0.132. The molecule has 2 amide bonds. The molecule has 0 bridgehead atoms. The van der Waals surface area contributed by atoms with Gasteiger partial charge in [-0.2, -0.15) is 0 Å². The number of para-hydroxylation sites is 1. The molecule has 2 aromatic heterocycles. The molecule has 0 atom stereocenters. The average Bonchev–Trinajstić information content (AvgIpc) is 3.42. The van der Waals surface area contributed by atoms with Crippen LogP contribution in [0.2, 0.25) is 0 Å². The van der Waals surface area contributed by atoms with Crippen molar-refractivity contribution >= 4 is 33.8 Å². The molecular formula is C31H35N5O3S. The van der Waals surface area contributed by atoms with Crippen LogP contribution >= 0.6 is 11.3 Å². The van der Waals surface area contributed by atoms with Crippen molar-refractivity contribution in [1.29, 1.82) is 0 Å². The summed E-state index contributed by atoms with van der Waals surface area (Å²) in [7, 11) is 0. The lowest BCUT2D eigenvalue weighted by atomic mass is 10.1. The molecule has 0 fully saturated rings. The second-order valence-electron chi connectivity index (χ2n) is 10.6. The van der Waals surface area contributed by atoms with Gasteiger partial charge in [-0.25, -0.2) is 4.98 Å². The zero-order valence-electron chi connectivity index (χ0n) is 23.0. The van der Waals surface area contributed by atoms with Crippen molar-refractivity contribution in [2.24, 2.45) is 5.92 Å². The van der Waals surface area contributed by atoms with E-state index in [1.54, 1.807) is 16.5 Å². The Morgan fingerprint density at radius 1 is 0.975 bits per heavy atom. The number of fused-ring (bicyclic) bond motifs is 2. The van der Waals surface area contributed by atoms with Crippen LogP contribution in [0.1, 0.15) is 41.8 Å². The Bertz CT molecular complexity index is 1530. The van der Waals surface area contributed by atoms with Crippen molar-refractivity contribution in [3.63, 3.8) is 0 Å². The van der Waals surface area contributed by atoms with Gasteiger partial charge >= 0.3 is 0 Å². The zero-order chi connectivity index (χ0) is 28.1. The first kappa shape index (κ1) is 27.7. The smallest absolute Gasteiger partial charge is 0.271 e. The normalized spacial score (nSPS) is 15.2. The summed E-state index contributed by atoms with van der Waals surface area (Å²) >= 11 is 1.35. The van der Waals surface area contributed by atoms with Crippen LogP contribution in [0, 0.1) is 5.92 Å². The molecule has 4 aromatic rings. The van der Waals surface area contributed by atoms with E-state index in [1.807, 2.05) is 59.5 Å². The van der Waals surface area contributed by atoms with Gasteiger partial charge in [-0.1, -0.05) is 62.4 Å². The maximum Gasteiger partial charge on any atom is 0.271 e. The minimum atomic E-state index is -0.363. The third kappa shape index (κ3) is 6.32. The second kappa shape index (κ2) is 12.6. The lowest BCUT2D eigenvalue weighted by Crippen LogP contribution is -2.41. The van der Waals surface area contributed by atoms with Gasteiger partial charge in [0, 0.05) is 56.2 Å². The maximum absolute atomic E-state index is 13.9. The number of carbonyl (C=O) groups excluding carboxylic acids is 2. The fourth-order valence-electron chi connectivity index (χ4n) is 5.28. The molecule has 0 spiro atoms. The summed E-state index contributed by atoms with van der Waals surface area (Å²) in [5, 5.41) is 1.78. The molecule has 5 rings (SSSR count). The van der Waals surface area contributed by atoms with E-state index in [1.165, 1.54) is 21.9 Å². The number of thiazole rings is 1. The van der Waals surface area contributed by atoms with Gasteiger partial charge < -0.3 is 14.7 Å². The predicted octanol–water partition coefficient (Wildman–Crippen LogP) is 4.34. The molecule has 208 valence electrons. The number of carbonyl (C=O) groups is 2. The Balaban J connectivity index is 1.51. The standard InChI is InChI=1S/C31H35N5O3S/c1-23(2)21-33-13-8-14-35(28(37)19-24-9-4-3-5-10-24)27-12-7-6-11-25(27)22-34(16-15-33)29(38)26-20-32-31-36(30(26)39)17-18-40-31/h3-7,9-12,17-18,20,23H,8,13-16,19,21-22H2,1-2H3. The van der Waals surface area contributed by atoms with Gasteiger partial charge in [0.05, 0.1) is 6.42 Å². The molecule has 3 heterocycles. The van der Waals surface area contributed by atoms with Crippen LogP contribution in [0.3, 0.4) is 0 Å². The minimum absolute atomic E-state index is 0.0246. The summed E-state index contributed by atoms with van der Waals surface area (Å²) in [6.45, 7) is 8.07. The maximum atomic E-state index is 13.9. The van der Waals surface area contributed by atoms with Crippen molar-refractivity contribution in [1.82, 2.24) is 19.2 Å². The lowest BCUT2D eigenvalue weighted by Gasteiger charge is -2.28. The quantitative estimate of drug-likeness (QED) is 0.365. The van der Waals surface area contributed by atoms with E-state index in [9.17, 15) is 14.4 Å². The zero-order valence-corrected chi connectivity index (χ0v) is 23.8. The van der Waals surface area contributed by atoms with E-state index in [0.29, 0.717) is 36.9 Å². The van der Waals surface area contributed by atoms with Crippen molar-refractivity contribution in [3.8, 4) is 0 Å². The number of benzene rings is 2. The molecule has 0 unspecified atom stereocenters. The number of nitrogens with zero attached hydrogens (tertiary/aromatic N) is 5. The molecule has 0 aliphatic carbocycles. The van der Waals surface area contributed by atoms with Crippen LogP contribution in [-0.4, -0.2) is 63.7 Å². The summed E-state index contributed by atoms with van der Waals surface area (Å²) in [6, 6.07) is 17.6. The Morgan fingerprint density at radius 2 is 1.75 bits per heavy atom. The van der Waals surface area contributed by atoms with Crippen LogP contribution in [0.15, 0.2) is 77.2 Å². The first-order valence-electron chi connectivity index (χ1n) is 13.8. The Morgan fingerprint density at radius 3 is 2.55 bits per heavy atom. The van der Waals surface area contributed by atoms with Crippen LogP contribution < -0.4 is 10.5 Å². The molecule has 1 aliphatic rings. The van der Waals surface area contributed by atoms with Gasteiger partial charge in [-0.15, -0.1) is 11.3 Å². The molecule has 8 nitrogen and oxygen atoms in total. The van der Waals surface area contributed by atoms with Crippen molar-refractivity contribution < 1.29 is 9.59 Å². The van der Waals surface area contributed by atoms with Crippen LogP contribution in [-0.2, 0) is 17.8 Å². The van der Waals surface area contributed by atoms with Crippen LogP contribution in [0.25, 0.3) is 4.96 Å². The molecule has 9 heteroatoms. The monoisotopic (exact) mass is 557 g/mol. The Hall–Kier alpha value is -3.82. The number of hydrogen-bond donors (Lipinski definition) is 0. The van der Waals surface area contributed by atoms with Gasteiger partial charge in [0.25, 0.3) is 11.5 Å². The SMILES string of the molecule is CC(C)CN1CCCN(C(=O)Cc2ccccc2)c2ccccc2CN(C(=O)c2cnc3sccn3c2=O)CC1. The van der Waals surface area contributed by atoms with E-state index in [4.69, 9.17) is 0 Å². The van der Waals surface area contributed by atoms with Gasteiger partial charge in [-0.3, -0.25) is 18.8 Å². The van der Waals surface area contributed by atoms with E-state index in [0.717, 1.165) is 36.3 Å². The van der Waals surface area contributed by atoms with Crippen molar-refractivity contribution in [2.75, 3.05) is 37.6 Å². The van der Waals surface area contributed by atoms with E-state index in [-0.39, 0.29) is 29.5 Å². The Labute approximate surface area is 238 Å². The number of rotatable bonds is 5. The van der Waals surface area contributed by atoms with Crippen LogP contribution in [0.4, 0.5) is 5.69 Å². The molecule has 0 N–H and O–H groups in total. The highest BCUT2D eigenvalue weighted by Gasteiger charge is 2.26. The summed E-state index contributed by atoms with van der Waals surface area (Å²) < 4.78 is 1.42. The minimum Gasteiger partial charge on any atom is -0.333 e. The van der Waals surface area contributed by atoms with E-state index >= 15 is 0 Å². The molecule has 0 saturated heterocycles. The van der Waals surface area contributed by atoms with Gasteiger partial charge in [0.15, 0.2) is 4.96 Å². The largest absolute Gasteiger partial charge is 0.333 e. The topological polar surface area (TPSA) is 78.2 Å². The molecule has 0 radical (unpaired) electrons. The number of anilines is 1. The summed E-state index contributed by atoms with van der Waals surface area (Å²) in [6.07, 6.45) is 4.16. The first-order chi connectivity index (χ1) is 19.4. The number of hydrogen-bond acceptors (Lipinski definition) is 6. The summed E-state index contributed by atoms with van der Waals surface area (Å²) in [5.41, 5.74) is 2.34. The molecule has 1 aliphatic heterocycles. The highest BCUT2D eigenvalue weighted by atomic mass is 32.1.